The molecule has 0 radical (unpaired) electrons. The van der Waals surface area contributed by atoms with E-state index < -0.39 is 0 Å². The second-order valence-corrected chi connectivity index (χ2v) is 5.08. The highest BCUT2D eigenvalue weighted by Crippen LogP contribution is 2.18. The van der Waals surface area contributed by atoms with Gasteiger partial charge in [0.05, 0.1) is 17.5 Å². The molecule has 0 aliphatic heterocycles. The Labute approximate surface area is 104 Å². The summed E-state index contributed by atoms with van der Waals surface area (Å²) in [4.78, 5) is 9.13. The number of para-hydroxylation sites is 2. The minimum absolute atomic E-state index is 0.809. The van der Waals surface area contributed by atoms with Gasteiger partial charge in [-0.05, 0) is 19.1 Å². The fraction of sp³-hybridized carbons (Fsp3) is 0.231. The zero-order valence-corrected chi connectivity index (χ0v) is 10.7. The summed E-state index contributed by atoms with van der Waals surface area (Å²) in [6, 6.07) is 8.21. The number of benzene rings is 1. The summed E-state index contributed by atoms with van der Waals surface area (Å²) in [5.41, 5.74) is 3.32. The molecule has 0 aliphatic rings. The van der Waals surface area contributed by atoms with Gasteiger partial charge in [0.15, 0.2) is 0 Å². The smallest absolute Gasteiger partial charge is 0.116 e. The van der Waals surface area contributed by atoms with Crippen molar-refractivity contribution < 1.29 is 0 Å². The third-order valence-corrected chi connectivity index (χ3v) is 3.82. The Balaban J connectivity index is 2.03. The monoisotopic (exact) mass is 243 g/mol. The van der Waals surface area contributed by atoms with Gasteiger partial charge in [-0.25, -0.2) is 9.97 Å². The summed E-state index contributed by atoms with van der Waals surface area (Å²) < 4.78 is 2.14. The Morgan fingerprint density at radius 3 is 2.76 bits per heavy atom. The van der Waals surface area contributed by atoms with Crippen molar-refractivity contribution in [1.29, 1.82) is 0 Å². The van der Waals surface area contributed by atoms with Crippen LogP contribution in [-0.4, -0.2) is 14.5 Å². The number of nitrogens with zero attached hydrogens (tertiary/aromatic N) is 3. The van der Waals surface area contributed by atoms with Crippen LogP contribution in [0.25, 0.3) is 11.0 Å². The number of fused-ring (bicyclic) bond motifs is 1. The highest BCUT2D eigenvalue weighted by atomic mass is 32.1. The predicted molar refractivity (Wildman–Crippen MR) is 70.4 cm³/mol. The first-order valence-electron chi connectivity index (χ1n) is 5.55. The van der Waals surface area contributed by atoms with Crippen molar-refractivity contribution in [1.82, 2.24) is 14.5 Å². The molecule has 0 fully saturated rings. The number of imidazole rings is 1. The zero-order chi connectivity index (χ0) is 11.8. The van der Waals surface area contributed by atoms with Crippen LogP contribution in [0.15, 0.2) is 29.6 Å². The van der Waals surface area contributed by atoms with Crippen LogP contribution in [0, 0.1) is 6.92 Å². The summed E-state index contributed by atoms with van der Waals surface area (Å²) in [6.07, 6.45) is 0.809. The third-order valence-electron chi connectivity index (χ3n) is 2.86. The SMILES string of the molecule is Cc1csc(Cc2nc3ccccc3n2C)n1. The van der Waals surface area contributed by atoms with Crippen LogP contribution in [0.2, 0.25) is 0 Å². The van der Waals surface area contributed by atoms with E-state index in [0.717, 1.165) is 28.5 Å². The minimum atomic E-state index is 0.809. The van der Waals surface area contributed by atoms with E-state index in [9.17, 15) is 0 Å². The summed E-state index contributed by atoms with van der Waals surface area (Å²) in [7, 11) is 2.06. The van der Waals surface area contributed by atoms with Gasteiger partial charge >= 0.3 is 0 Å². The molecule has 0 amide bonds. The quantitative estimate of drug-likeness (QED) is 0.693. The predicted octanol–water partition coefficient (Wildman–Crippen LogP) is 2.93. The molecule has 2 aromatic heterocycles. The molecule has 3 aromatic rings. The van der Waals surface area contributed by atoms with Gasteiger partial charge in [0.1, 0.15) is 10.8 Å². The van der Waals surface area contributed by atoms with Crippen molar-refractivity contribution in [2.45, 2.75) is 13.3 Å². The van der Waals surface area contributed by atoms with Gasteiger partial charge in [0.25, 0.3) is 0 Å². The van der Waals surface area contributed by atoms with E-state index in [4.69, 9.17) is 0 Å². The van der Waals surface area contributed by atoms with E-state index in [1.54, 1.807) is 11.3 Å². The Kier molecular flexibility index (Phi) is 2.44. The lowest BCUT2D eigenvalue weighted by Gasteiger charge is -1.99. The molecule has 0 saturated carbocycles. The molecular weight excluding hydrogens is 230 g/mol. The highest BCUT2D eigenvalue weighted by molar-refractivity contribution is 7.09. The van der Waals surface area contributed by atoms with E-state index in [0.29, 0.717) is 0 Å². The largest absolute Gasteiger partial charge is 0.331 e. The molecule has 0 saturated heterocycles. The average molecular weight is 243 g/mol. The summed E-state index contributed by atoms with van der Waals surface area (Å²) in [5, 5.41) is 3.21. The lowest BCUT2D eigenvalue weighted by atomic mass is 10.3. The van der Waals surface area contributed by atoms with E-state index >= 15 is 0 Å². The standard InChI is InChI=1S/C13H13N3S/c1-9-8-17-13(14-9)7-12-15-10-5-3-4-6-11(10)16(12)2/h3-6,8H,7H2,1-2H3. The van der Waals surface area contributed by atoms with Crippen molar-refractivity contribution in [3.05, 3.63) is 46.2 Å². The first-order valence-corrected chi connectivity index (χ1v) is 6.43. The molecular formula is C13H13N3S. The van der Waals surface area contributed by atoms with Crippen LogP contribution < -0.4 is 0 Å². The Morgan fingerprint density at radius 1 is 1.24 bits per heavy atom. The van der Waals surface area contributed by atoms with E-state index in [2.05, 4.69) is 33.0 Å². The van der Waals surface area contributed by atoms with Gasteiger partial charge in [-0.3, -0.25) is 0 Å². The molecule has 0 spiro atoms. The highest BCUT2D eigenvalue weighted by Gasteiger charge is 2.09. The number of aryl methyl sites for hydroxylation is 2. The number of hydrogen-bond donors (Lipinski definition) is 0. The maximum absolute atomic E-state index is 4.65. The third kappa shape index (κ3) is 1.85. The van der Waals surface area contributed by atoms with Crippen molar-refractivity contribution in [2.24, 2.45) is 7.05 Å². The molecule has 2 heterocycles. The van der Waals surface area contributed by atoms with Gasteiger partial charge in [-0.15, -0.1) is 11.3 Å². The fourth-order valence-electron chi connectivity index (χ4n) is 1.97. The average Bonchev–Trinajstić information content (AvgIpc) is 2.86. The molecule has 4 heteroatoms. The van der Waals surface area contributed by atoms with Crippen molar-refractivity contribution in [3.8, 4) is 0 Å². The molecule has 1 aromatic carbocycles. The lowest BCUT2D eigenvalue weighted by Crippen LogP contribution is -1.98. The maximum atomic E-state index is 4.65. The Hall–Kier alpha value is -1.68. The lowest BCUT2D eigenvalue weighted by molar-refractivity contribution is 0.840. The van der Waals surface area contributed by atoms with Crippen LogP contribution >= 0.6 is 11.3 Å². The van der Waals surface area contributed by atoms with E-state index in [1.165, 1.54) is 5.52 Å². The Bertz CT molecular complexity index is 666. The van der Waals surface area contributed by atoms with E-state index in [1.807, 2.05) is 25.1 Å². The first kappa shape index (κ1) is 10.5. The molecule has 0 atom stereocenters. The van der Waals surface area contributed by atoms with Crippen molar-refractivity contribution in [2.75, 3.05) is 0 Å². The number of rotatable bonds is 2. The number of hydrogen-bond acceptors (Lipinski definition) is 3. The normalized spacial score (nSPS) is 11.2. The van der Waals surface area contributed by atoms with Crippen LogP contribution in [0.5, 0.6) is 0 Å². The van der Waals surface area contributed by atoms with Gasteiger partial charge < -0.3 is 4.57 Å². The number of aromatic nitrogens is 3. The first-order chi connectivity index (χ1) is 8.24. The summed E-state index contributed by atoms with van der Waals surface area (Å²) in [5.74, 6) is 1.07. The molecule has 3 nitrogen and oxygen atoms in total. The van der Waals surface area contributed by atoms with Crippen molar-refractivity contribution in [3.63, 3.8) is 0 Å². The minimum Gasteiger partial charge on any atom is -0.331 e. The molecule has 0 unspecified atom stereocenters. The Morgan fingerprint density at radius 2 is 2.06 bits per heavy atom. The molecule has 3 rings (SSSR count). The topological polar surface area (TPSA) is 30.7 Å². The second kappa shape index (κ2) is 3.96. The van der Waals surface area contributed by atoms with E-state index in [-0.39, 0.29) is 0 Å². The fourth-order valence-corrected chi connectivity index (χ4v) is 2.74. The molecule has 0 bridgehead atoms. The maximum Gasteiger partial charge on any atom is 0.116 e. The van der Waals surface area contributed by atoms with Crippen LogP contribution in [0.1, 0.15) is 16.5 Å². The van der Waals surface area contributed by atoms with Gasteiger partial charge in [-0.1, -0.05) is 12.1 Å². The van der Waals surface area contributed by atoms with Crippen LogP contribution in [-0.2, 0) is 13.5 Å². The summed E-state index contributed by atoms with van der Waals surface area (Å²) >= 11 is 1.70. The van der Waals surface area contributed by atoms with Crippen LogP contribution in [0.4, 0.5) is 0 Å². The van der Waals surface area contributed by atoms with Gasteiger partial charge in [0.2, 0.25) is 0 Å². The molecule has 0 aliphatic carbocycles. The molecule has 86 valence electrons. The van der Waals surface area contributed by atoms with Crippen LogP contribution in [0.3, 0.4) is 0 Å². The molecule has 0 N–H and O–H groups in total. The van der Waals surface area contributed by atoms with Crippen molar-refractivity contribution >= 4 is 22.4 Å². The van der Waals surface area contributed by atoms with Gasteiger partial charge in [0, 0.05) is 18.1 Å². The zero-order valence-electron chi connectivity index (χ0n) is 9.84. The number of thiazole rings is 1. The van der Waals surface area contributed by atoms with Gasteiger partial charge in [-0.2, -0.15) is 0 Å². The molecule has 17 heavy (non-hydrogen) atoms. The second-order valence-electron chi connectivity index (χ2n) is 4.14. The summed E-state index contributed by atoms with van der Waals surface area (Å²) in [6.45, 7) is 2.02.